The summed E-state index contributed by atoms with van der Waals surface area (Å²) in [4.78, 5) is 31.2. The Morgan fingerprint density at radius 1 is 1.14 bits per heavy atom. The number of piperidine rings is 1. The first-order valence-electron chi connectivity index (χ1n) is 12.3. The van der Waals surface area contributed by atoms with E-state index in [1.165, 1.54) is 12.1 Å². The van der Waals surface area contributed by atoms with Gasteiger partial charge in [-0.1, -0.05) is 36.9 Å². The van der Waals surface area contributed by atoms with Gasteiger partial charge in [-0.05, 0) is 61.4 Å². The summed E-state index contributed by atoms with van der Waals surface area (Å²) in [5, 5.41) is 6.35. The summed E-state index contributed by atoms with van der Waals surface area (Å²) >= 11 is 6.42. The highest BCUT2D eigenvalue weighted by Crippen LogP contribution is 2.42. The topological polar surface area (TPSA) is 100 Å². The molecule has 0 radical (unpaired) electrons. The van der Waals surface area contributed by atoms with E-state index in [2.05, 4.69) is 15.6 Å². The molecule has 1 unspecified atom stereocenters. The molecule has 2 aromatic rings. The fourth-order valence-corrected chi connectivity index (χ4v) is 5.74. The van der Waals surface area contributed by atoms with Crippen LogP contribution in [0.4, 0.5) is 14.9 Å². The van der Waals surface area contributed by atoms with Gasteiger partial charge in [0.2, 0.25) is 5.91 Å². The minimum absolute atomic E-state index is 0.00306. The van der Waals surface area contributed by atoms with E-state index in [1.54, 1.807) is 35.5 Å². The summed E-state index contributed by atoms with van der Waals surface area (Å²) in [5.41, 5.74) is 7.64. The van der Waals surface area contributed by atoms with E-state index in [-0.39, 0.29) is 29.1 Å². The Balaban J connectivity index is 1.32. The van der Waals surface area contributed by atoms with Gasteiger partial charge in [0.1, 0.15) is 5.82 Å². The molecule has 2 heterocycles. The van der Waals surface area contributed by atoms with Crippen LogP contribution in [0, 0.1) is 11.7 Å². The van der Waals surface area contributed by atoms with Gasteiger partial charge in [-0.15, -0.1) is 0 Å². The zero-order valence-corrected chi connectivity index (χ0v) is 20.6. The van der Waals surface area contributed by atoms with Crippen LogP contribution >= 0.6 is 11.6 Å². The number of anilines is 1. The largest absolute Gasteiger partial charge is 0.354 e. The molecule has 9 heteroatoms. The molecule has 0 spiro atoms. The van der Waals surface area contributed by atoms with Crippen LogP contribution in [0.2, 0.25) is 5.02 Å². The minimum atomic E-state index is -0.648. The van der Waals surface area contributed by atoms with Gasteiger partial charge >= 0.3 is 6.03 Å². The van der Waals surface area contributed by atoms with Crippen molar-refractivity contribution in [1.82, 2.24) is 15.2 Å². The molecule has 1 aliphatic carbocycles. The number of carbonyl (C=O) groups is 2. The van der Waals surface area contributed by atoms with Crippen molar-refractivity contribution in [3.8, 4) is 0 Å². The van der Waals surface area contributed by atoms with Gasteiger partial charge in [-0.25, -0.2) is 9.18 Å². The Labute approximate surface area is 210 Å². The van der Waals surface area contributed by atoms with Crippen LogP contribution in [0.25, 0.3) is 0 Å². The van der Waals surface area contributed by atoms with E-state index in [0.717, 1.165) is 37.7 Å². The minimum Gasteiger partial charge on any atom is -0.354 e. The molecule has 4 rings (SSSR count). The lowest BCUT2D eigenvalue weighted by Crippen LogP contribution is -2.52. The van der Waals surface area contributed by atoms with Gasteiger partial charge in [0, 0.05) is 48.2 Å². The number of amides is 3. The van der Waals surface area contributed by atoms with Gasteiger partial charge in [-0.3, -0.25) is 9.78 Å². The molecule has 35 heavy (non-hydrogen) atoms. The maximum Gasteiger partial charge on any atom is 0.321 e. The van der Waals surface area contributed by atoms with Gasteiger partial charge in [0.25, 0.3) is 0 Å². The van der Waals surface area contributed by atoms with Crippen molar-refractivity contribution in [3.63, 3.8) is 0 Å². The summed E-state index contributed by atoms with van der Waals surface area (Å²) < 4.78 is 13.7. The molecule has 188 valence electrons. The Bertz CT molecular complexity index is 1020. The lowest BCUT2D eigenvalue weighted by molar-refractivity contribution is -0.124. The average Bonchev–Trinajstić information content (AvgIpc) is 2.88. The van der Waals surface area contributed by atoms with Crippen molar-refractivity contribution < 1.29 is 14.0 Å². The molecule has 1 saturated heterocycles. The molecular formula is C26H33ClFN5O2. The van der Waals surface area contributed by atoms with Crippen LogP contribution in [0.5, 0.6) is 0 Å². The number of nitrogens with two attached hydrogens (primary N) is 1. The molecular weight excluding hydrogens is 469 g/mol. The highest BCUT2D eigenvalue weighted by atomic mass is 35.5. The van der Waals surface area contributed by atoms with E-state index in [0.29, 0.717) is 43.2 Å². The van der Waals surface area contributed by atoms with Crippen molar-refractivity contribution in [2.24, 2.45) is 11.7 Å². The first-order chi connectivity index (χ1) is 16.9. The molecule has 0 bridgehead atoms. The van der Waals surface area contributed by atoms with Gasteiger partial charge in [-0.2, -0.15) is 0 Å². The van der Waals surface area contributed by atoms with Gasteiger partial charge < -0.3 is 21.3 Å². The second-order valence-corrected chi connectivity index (χ2v) is 10.1. The molecule has 4 N–H and O–H groups in total. The quantitative estimate of drug-likeness (QED) is 0.544. The number of aromatic nitrogens is 1. The predicted molar refractivity (Wildman–Crippen MR) is 135 cm³/mol. The SMILES string of the molecule is NC(C(=O)NCC1(c2ccc(F)cc2Cl)CCCCC1)C1CCN(C(=O)Nc2ccncc2)CC1. The maximum atomic E-state index is 13.7. The Morgan fingerprint density at radius 3 is 2.49 bits per heavy atom. The number of hydrogen-bond acceptors (Lipinski definition) is 4. The van der Waals surface area contributed by atoms with E-state index in [9.17, 15) is 14.0 Å². The summed E-state index contributed by atoms with van der Waals surface area (Å²) in [6, 6.07) is 7.20. The number of urea groups is 1. The molecule has 1 aliphatic heterocycles. The maximum absolute atomic E-state index is 13.7. The normalized spacial score (nSPS) is 19.1. The Hall–Kier alpha value is -2.71. The zero-order chi connectivity index (χ0) is 24.8. The average molecular weight is 502 g/mol. The molecule has 2 fully saturated rings. The first-order valence-corrected chi connectivity index (χ1v) is 12.7. The van der Waals surface area contributed by atoms with Crippen molar-refractivity contribution in [2.45, 2.75) is 56.4 Å². The fraction of sp³-hybridized carbons (Fsp3) is 0.500. The number of pyridine rings is 1. The molecule has 2 aliphatic rings. The molecule has 1 aromatic carbocycles. The van der Waals surface area contributed by atoms with E-state index in [4.69, 9.17) is 17.3 Å². The molecule has 1 atom stereocenters. The van der Waals surface area contributed by atoms with Crippen molar-refractivity contribution in [3.05, 3.63) is 59.1 Å². The third-order valence-corrected chi connectivity index (χ3v) is 7.80. The second kappa shape index (κ2) is 11.4. The van der Waals surface area contributed by atoms with Crippen molar-refractivity contribution in [1.29, 1.82) is 0 Å². The summed E-state index contributed by atoms with van der Waals surface area (Å²) in [7, 11) is 0. The van der Waals surface area contributed by atoms with Crippen LogP contribution in [-0.4, -0.2) is 47.5 Å². The van der Waals surface area contributed by atoms with Crippen LogP contribution in [0.1, 0.15) is 50.5 Å². The second-order valence-electron chi connectivity index (χ2n) is 9.70. The smallest absolute Gasteiger partial charge is 0.321 e. The summed E-state index contributed by atoms with van der Waals surface area (Å²) in [6.07, 6.45) is 9.56. The predicted octanol–water partition coefficient (Wildman–Crippen LogP) is 4.46. The third-order valence-electron chi connectivity index (χ3n) is 7.48. The van der Waals surface area contributed by atoms with Gasteiger partial charge in [0.15, 0.2) is 0 Å². The van der Waals surface area contributed by atoms with Crippen molar-refractivity contribution in [2.75, 3.05) is 25.0 Å². The fourth-order valence-electron chi connectivity index (χ4n) is 5.38. The highest BCUT2D eigenvalue weighted by molar-refractivity contribution is 6.31. The monoisotopic (exact) mass is 501 g/mol. The summed E-state index contributed by atoms with van der Waals surface area (Å²) in [5.74, 6) is -0.555. The van der Waals surface area contributed by atoms with Crippen LogP contribution < -0.4 is 16.4 Å². The lowest BCUT2D eigenvalue weighted by atomic mass is 9.69. The number of nitrogens with zero attached hydrogens (tertiary/aromatic N) is 2. The van der Waals surface area contributed by atoms with Crippen LogP contribution in [0.3, 0.4) is 0 Å². The van der Waals surface area contributed by atoms with Crippen LogP contribution in [-0.2, 0) is 10.2 Å². The molecule has 1 aromatic heterocycles. The number of nitrogens with one attached hydrogen (secondary N) is 2. The first kappa shape index (κ1) is 25.4. The third kappa shape index (κ3) is 6.11. The number of benzene rings is 1. The number of likely N-dealkylation sites (tertiary alicyclic amines) is 1. The van der Waals surface area contributed by atoms with E-state index in [1.807, 2.05) is 0 Å². The number of halogens is 2. The van der Waals surface area contributed by atoms with E-state index < -0.39 is 6.04 Å². The van der Waals surface area contributed by atoms with Gasteiger partial charge in [0.05, 0.1) is 6.04 Å². The van der Waals surface area contributed by atoms with Crippen LogP contribution in [0.15, 0.2) is 42.7 Å². The Kier molecular flexibility index (Phi) is 8.23. The number of hydrogen-bond donors (Lipinski definition) is 3. The zero-order valence-electron chi connectivity index (χ0n) is 19.8. The highest BCUT2D eigenvalue weighted by Gasteiger charge is 2.37. The van der Waals surface area contributed by atoms with Crippen molar-refractivity contribution >= 4 is 29.2 Å². The van der Waals surface area contributed by atoms with E-state index >= 15 is 0 Å². The molecule has 3 amide bonds. The number of rotatable bonds is 6. The Morgan fingerprint density at radius 2 is 1.83 bits per heavy atom. The molecule has 7 nitrogen and oxygen atoms in total. The molecule has 1 saturated carbocycles. The lowest BCUT2D eigenvalue weighted by Gasteiger charge is -2.39. The summed E-state index contributed by atoms with van der Waals surface area (Å²) in [6.45, 7) is 1.51. The number of carbonyl (C=O) groups excluding carboxylic acids is 2. The standard InChI is InChI=1S/C26H33ClFN5O2/c27-22-16-19(28)4-5-21(22)26(10-2-1-3-11-26)17-31-24(34)23(29)18-8-14-33(15-9-18)25(35)32-20-6-12-30-13-7-20/h4-7,12-13,16,18,23H,1-3,8-11,14-15,17,29H2,(H,31,34)(H,30,32,35).